The molecule has 0 bridgehead atoms. The van der Waals surface area contributed by atoms with Crippen LogP contribution in [0, 0.1) is 5.92 Å². The van der Waals surface area contributed by atoms with Gasteiger partial charge < -0.3 is 10.0 Å². The molecule has 1 saturated heterocycles. The van der Waals surface area contributed by atoms with Gasteiger partial charge >= 0.3 is 0 Å². The van der Waals surface area contributed by atoms with Crippen LogP contribution < -0.4 is 0 Å². The number of piperidine rings is 1. The van der Waals surface area contributed by atoms with Crippen LogP contribution in [0.3, 0.4) is 0 Å². The summed E-state index contributed by atoms with van der Waals surface area (Å²) in [5.41, 5.74) is 0. The van der Waals surface area contributed by atoms with Crippen LogP contribution in [0.5, 0.6) is 0 Å². The Labute approximate surface area is 94.7 Å². The smallest absolute Gasteiger partial charge is 0.0538 e. The van der Waals surface area contributed by atoms with Gasteiger partial charge in [-0.15, -0.1) is 0 Å². The van der Waals surface area contributed by atoms with E-state index >= 15 is 0 Å². The highest BCUT2D eigenvalue weighted by Gasteiger charge is 2.23. The van der Waals surface area contributed by atoms with Gasteiger partial charge in [-0.1, -0.05) is 13.8 Å². The molecule has 1 aliphatic rings. The first-order chi connectivity index (χ1) is 7.15. The lowest BCUT2D eigenvalue weighted by atomic mass is 9.92. The molecule has 1 rings (SSSR count). The fraction of sp³-hybridized carbons (Fsp3) is 1.00. The molecule has 1 heterocycles. The van der Waals surface area contributed by atoms with Crippen LogP contribution in [0.1, 0.15) is 52.9 Å². The molecule has 0 spiro atoms. The minimum atomic E-state index is -0.0810. The SMILES string of the molecule is CCC(O)CCCN1CCCC(C)C1C. The van der Waals surface area contributed by atoms with Crippen LogP contribution in [-0.2, 0) is 0 Å². The number of rotatable bonds is 5. The average molecular weight is 213 g/mol. The maximum Gasteiger partial charge on any atom is 0.0538 e. The minimum Gasteiger partial charge on any atom is -0.393 e. The predicted octanol–water partition coefficient (Wildman–Crippen LogP) is 2.66. The summed E-state index contributed by atoms with van der Waals surface area (Å²) < 4.78 is 0. The molecule has 1 N–H and O–H groups in total. The van der Waals surface area contributed by atoms with Crippen molar-refractivity contribution in [3.8, 4) is 0 Å². The molecule has 0 amide bonds. The fourth-order valence-electron chi connectivity index (χ4n) is 2.47. The second-order valence-electron chi connectivity index (χ2n) is 5.10. The summed E-state index contributed by atoms with van der Waals surface area (Å²) in [4.78, 5) is 2.59. The molecule has 1 aliphatic heterocycles. The first kappa shape index (κ1) is 13.0. The highest BCUT2D eigenvalue weighted by atomic mass is 16.3. The van der Waals surface area contributed by atoms with Gasteiger partial charge in [0.05, 0.1) is 6.10 Å². The highest BCUT2D eigenvalue weighted by molar-refractivity contribution is 4.78. The van der Waals surface area contributed by atoms with Crippen LogP contribution >= 0.6 is 0 Å². The normalized spacial score (nSPS) is 30.4. The number of aliphatic hydroxyl groups is 1. The molecule has 3 unspecified atom stereocenters. The van der Waals surface area contributed by atoms with Crippen molar-refractivity contribution in [1.82, 2.24) is 4.90 Å². The van der Waals surface area contributed by atoms with E-state index in [1.807, 2.05) is 0 Å². The third-order valence-corrected chi connectivity index (χ3v) is 3.96. The van der Waals surface area contributed by atoms with Gasteiger partial charge in [-0.2, -0.15) is 0 Å². The zero-order chi connectivity index (χ0) is 11.3. The Bertz CT molecular complexity index is 172. The standard InChI is InChI=1S/C13H27NO/c1-4-13(15)8-6-10-14-9-5-7-11(2)12(14)3/h11-13,15H,4-10H2,1-3H3. The van der Waals surface area contributed by atoms with Crippen molar-refractivity contribution in [2.75, 3.05) is 13.1 Å². The number of nitrogens with zero attached hydrogens (tertiary/aromatic N) is 1. The van der Waals surface area contributed by atoms with Crippen molar-refractivity contribution < 1.29 is 5.11 Å². The summed E-state index contributed by atoms with van der Waals surface area (Å²) in [5.74, 6) is 0.842. The van der Waals surface area contributed by atoms with Gasteiger partial charge in [0, 0.05) is 6.04 Å². The number of hydrogen-bond donors (Lipinski definition) is 1. The molecule has 90 valence electrons. The van der Waals surface area contributed by atoms with Gasteiger partial charge in [-0.05, 0) is 58.0 Å². The van der Waals surface area contributed by atoms with E-state index < -0.39 is 0 Å². The predicted molar refractivity (Wildman–Crippen MR) is 65.0 cm³/mol. The Morgan fingerprint density at radius 1 is 1.40 bits per heavy atom. The second kappa shape index (κ2) is 6.49. The second-order valence-corrected chi connectivity index (χ2v) is 5.10. The van der Waals surface area contributed by atoms with Crippen molar-refractivity contribution in [3.63, 3.8) is 0 Å². The molecular formula is C13H27NO. The quantitative estimate of drug-likeness (QED) is 0.759. The van der Waals surface area contributed by atoms with E-state index in [0.29, 0.717) is 0 Å². The Balaban J connectivity index is 2.19. The van der Waals surface area contributed by atoms with Crippen molar-refractivity contribution in [3.05, 3.63) is 0 Å². The van der Waals surface area contributed by atoms with E-state index in [0.717, 1.165) is 31.2 Å². The van der Waals surface area contributed by atoms with Crippen LogP contribution in [0.15, 0.2) is 0 Å². The van der Waals surface area contributed by atoms with E-state index in [1.54, 1.807) is 0 Å². The van der Waals surface area contributed by atoms with Crippen LogP contribution in [-0.4, -0.2) is 35.2 Å². The first-order valence-electron chi connectivity index (χ1n) is 6.57. The number of aliphatic hydroxyl groups excluding tert-OH is 1. The lowest BCUT2D eigenvalue weighted by Crippen LogP contribution is -2.42. The topological polar surface area (TPSA) is 23.5 Å². The summed E-state index contributed by atoms with van der Waals surface area (Å²) in [6.07, 6.45) is 5.66. The third kappa shape index (κ3) is 4.12. The first-order valence-corrected chi connectivity index (χ1v) is 6.57. The van der Waals surface area contributed by atoms with Gasteiger partial charge in [-0.3, -0.25) is 0 Å². The van der Waals surface area contributed by atoms with Crippen LogP contribution in [0.2, 0.25) is 0 Å². The molecule has 0 aromatic heterocycles. The molecule has 3 atom stereocenters. The van der Waals surface area contributed by atoms with Crippen molar-refractivity contribution in [1.29, 1.82) is 0 Å². The Morgan fingerprint density at radius 3 is 2.80 bits per heavy atom. The Kier molecular flexibility index (Phi) is 5.62. The molecule has 0 aromatic carbocycles. The van der Waals surface area contributed by atoms with Gasteiger partial charge in [0.15, 0.2) is 0 Å². The molecule has 2 heteroatoms. The average Bonchev–Trinajstić information content (AvgIpc) is 2.24. The van der Waals surface area contributed by atoms with E-state index in [1.165, 1.54) is 25.9 Å². The zero-order valence-corrected chi connectivity index (χ0v) is 10.6. The third-order valence-electron chi connectivity index (χ3n) is 3.96. The largest absolute Gasteiger partial charge is 0.393 e. The lowest BCUT2D eigenvalue weighted by Gasteiger charge is -2.38. The van der Waals surface area contributed by atoms with E-state index in [2.05, 4.69) is 25.7 Å². The number of hydrogen-bond acceptors (Lipinski definition) is 2. The van der Waals surface area contributed by atoms with Gasteiger partial charge in [-0.25, -0.2) is 0 Å². The maximum atomic E-state index is 9.49. The molecule has 0 aromatic rings. The maximum absolute atomic E-state index is 9.49. The molecular weight excluding hydrogens is 186 g/mol. The molecule has 2 nitrogen and oxygen atoms in total. The van der Waals surface area contributed by atoms with E-state index in [-0.39, 0.29) is 6.10 Å². The van der Waals surface area contributed by atoms with Crippen molar-refractivity contribution >= 4 is 0 Å². The summed E-state index contributed by atoms with van der Waals surface area (Å²) >= 11 is 0. The number of likely N-dealkylation sites (tertiary alicyclic amines) is 1. The summed E-state index contributed by atoms with van der Waals surface area (Å²) in [6, 6.07) is 0.734. The van der Waals surface area contributed by atoms with E-state index in [4.69, 9.17) is 0 Å². The molecule has 0 aliphatic carbocycles. The lowest BCUT2D eigenvalue weighted by molar-refractivity contribution is 0.0997. The Morgan fingerprint density at radius 2 is 2.13 bits per heavy atom. The van der Waals surface area contributed by atoms with Crippen molar-refractivity contribution in [2.24, 2.45) is 5.92 Å². The van der Waals surface area contributed by atoms with Crippen LogP contribution in [0.4, 0.5) is 0 Å². The fourth-order valence-corrected chi connectivity index (χ4v) is 2.47. The summed E-state index contributed by atoms with van der Waals surface area (Å²) in [5, 5.41) is 9.49. The van der Waals surface area contributed by atoms with E-state index in [9.17, 15) is 5.11 Å². The molecule has 1 fully saturated rings. The van der Waals surface area contributed by atoms with Crippen molar-refractivity contribution in [2.45, 2.75) is 65.0 Å². The van der Waals surface area contributed by atoms with Gasteiger partial charge in [0.25, 0.3) is 0 Å². The van der Waals surface area contributed by atoms with Gasteiger partial charge in [0.1, 0.15) is 0 Å². The van der Waals surface area contributed by atoms with Gasteiger partial charge in [0.2, 0.25) is 0 Å². The highest BCUT2D eigenvalue weighted by Crippen LogP contribution is 2.23. The molecule has 0 radical (unpaired) electrons. The zero-order valence-electron chi connectivity index (χ0n) is 10.6. The summed E-state index contributed by atoms with van der Waals surface area (Å²) in [7, 11) is 0. The summed E-state index contributed by atoms with van der Waals surface area (Å²) in [6.45, 7) is 9.18. The molecule has 0 saturated carbocycles. The van der Waals surface area contributed by atoms with Crippen LogP contribution in [0.25, 0.3) is 0 Å². The molecule has 15 heavy (non-hydrogen) atoms. The minimum absolute atomic E-state index is 0.0810. The Hall–Kier alpha value is -0.0800. The monoisotopic (exact) mass is 213 g/mol.